The van der Waals surface area contributed by atoms with Gasteiger partial charge in [-0.25, -0.2) is 0 Å². The molecule has 0 amide bonds. The Balaban J connectivity index is 0.00000192. The van der Waals surface area contributed by atoms with E-state index in [0.29, 0.717) is 0 Å². The summed E-state index contributed by atoms with van der Waals surface area (Å²) in [6, 6.07) is 8.70. The maximum atomic E-state index is 6.16. The third-order valence-corrected chi connectivity index (χ3v) is 5.33. The first-order valence-corrected chi connectivity index (χ1v) is 8.54. The zero-order chi connectivity index (χ0) is 15.8. The van der Waals surface area contributed by atoms with Gasteiger partial charge in [0.15, 0.2) is 0 Å². The van der Waals surface area contributed by atoms with Crippen molar-refractivity contribution in [3.8, 4) is 0 Å². The van der Waals surface area contributed by atoms with Gasteiger partial charge in [0, 0.05) is 6.54 Å². The molecule has 0 aliphatic carbocycles. The van der Waals surface area contributed by atoms with Crippen molar-refractivity contribution in [2.75, 3.05) is 13.1 Å². The summed E-state index contributed by atoms with van der Waals surface area (Å²) in [4.78, 5) is 2.55. The Hall–Kier alpha value is -0.545. The van der Waals surface area contributed by atoms with E-state index >= 15 is 0 Å². The molecule has 0 bridgehead atoms. The smallest absolute Gasteiger partial charge is 0.399 e. The third-order valence-electron chi connectivity index (χ3n) is 5.33. The zero-order valence-electron chi connectivity index (χ0n) is 14.8. The maximum Gasteiger partial charge on any atom is 0.494 e. The van der Waals surface area contributed by atoms with Gasteiger partial charge in [-0.1, -0.05) is 30.7 Å². The lowest BCUT2D eigenvalue weighted by atomic mass is 9.78. The summed E-state index contributed by atoms with van der Waals surface area (Å²) in [5, 5.41) is 0. The van der Waals surface area contributed by atoms with Crippen LogP contribution in [0.2, 0.25) is 0 Å². The molecule has 0 N–H and O–H groups in total. The minimum absolute atomic E-state index is 0. The summed E-state index contributed by atoms with van der Waals surface area (Å²) in [6.07, 6.45) is 4.04. The van der Waals surface area contributed by atoms with E-state index in [2.05, 4.69) is 56.9 Å². The molecule has 5 heteroatoms. The first-order chi connectivity index (χ1) is 10.4. The van der Waals surface area contributed by atoms with Crippen molar-refractivity contribution in [1.29, 1.82) is 0 Å². The lowest BCUT2D eigenvalue weighted by Gasteiger charge is -2.32. The SMILES string of the molecule is CC1(C)OB(c2cccc(CN3CCCCC3)c2)OC1(C)C.Cl. The fraction of sp³-hybridized carbons (Fsp3) is 0.667. The number of benzene rings is 1. The van der Waals surface area contributed by atoms with Crippen LogP contribution in [0.5, 0.6) is 0 Å². The summed E-state index contributed by atoms with van der Waals surface area (Å²) >= 11 is 0. The van der Waals surface area contributed by atoms with E-state index in [1.54, 1.807) is 0 Å². The topological polar surface area (TPSA) is 21.7 Å². The normalized spacial score (nSPS) is 23.6. The number of hydrogen-bond acceptors (Lipinski definition) is 3. The Labute approximate surface area is 147 Å². The molecule has 0 unspecified atom stereocenters. The lowest BCUT2D eigenvalue weighted by molar-refractivity contribution is 0.00578. The minimum Gasteiger partial charge on any atom is -0.399 e. The molecule has 1 aromatic rings. The molecule has 128 valence electrons. The molecular formula is C18H29BClNO2. The molecule has 0 aromatic heterocycles. The first kappa shape index (κ1) is 18.8. The van der Waals surface area contributed by atoms with Crippen LogP contribution in [-0.4, -0.2) is 36.3 Å². The molecule has 3 rings (SSSR count). The van der Waals surface area contributed by atoms with Crippen LogP contribution in [0.25, 0.3) is 0 Å². The van der Waals surface area contributed by atoms with Crippen molar-refractivity contribution in [1.82, 2.24) is 4.90 Å². The van der Waals surface area contributed by atoms with Gasteiger partial charge in [0.1, 0.15) is 0 Å². The Kier molecular flexibility index (Phi) is 5.83. The van der Waals surface area contributed by atoms with Gasteiger partial charge < -0.3 is 9.31 Å². The molecule has 0 radical (unpaired) electrons. The quantitative estimate of drug-likeness (QED) is 0.789. The van der Waals surface area contributed by atoms with Crippen molar-refractivity contribution in [3.05, 3.63) is 29.8 Å². The molecule has 23 heavy (non-hydrogen) atoms. The second-order valence-corrected chi connectivity index (χ2v) is 7.67. The Morgan fingerprint density at radius 1 is 1.00 bits per heavy atom. The molecule has 2 heterocycles. The van der Waals surface area contributed by atoms with Crippen LogP contribution in [-0.2, 0) is 15.9 Å². The fourth-order valence-corrected chi connectivity index (χ4v) is 3.19. The predicted octanol–water partition coefficient (Wildman–Crippen LogP) is 3.39. The number of halogens is 1. The van der Waals surface area contributed by atoms with Crippen molar-refractivity contribution in [2.45, 2.75) is 64.7 Å². The van der Waals surface area contributed by atoms with Crippen molar-refractivity contribution >= 4 is 25.0 Å². The standard InChI is InChI=1S/C18H28BNO2.ClH/c1-17(2)18(3,4)22-19(21-17)16-10-8-9-15(13-16)14-20-11-6-5-7-12-20;/h8-10,13H,5-7,11-12,14H2,1-4H3;1H. The number of rotatable bonds is 3. The van der Waals surface area contributed by atoms with E-state index in [-0.39, 0.29) is 30.7 Å². The monoisotopic (exact) mass is 337 g/mol. The third kappa shape index (κ3) is 4.11. The van der Waals surface area contributed by atoms with Crippen LogP contribution < -0.4 is 5.46 Å². The molecule has 0 spiro atoms. The molecule has 2 aliphatic rings. The minimum atomic E-state index is -0.277. The van der Waals surface area contributed by atoms with E-state index < -0.39 is 0 Å². The van der Waals surface area contributed by atoms with Gasteiger partial charge in [-0.2, -0.15) is 0 Å². The summed E-state index contributed by atoms with van der Waals surface area (Å²) in [5.74, 6) is 0. The molecule has 0 atom stereocenters. The fourth-order valence-electron chi connectivity index (χ4n) is 3.19. The summed E-state index contributed by atoms with van der Waals surface area (Å²) in [5.41, 5.74) is 1.93. The number of likely N-dealkylation sites (tertiary alicyclic amines) is 1. The number of piperidine rings is 1. The summed E-state index contributed by atoms with van der Waals surface area (Å²) in [7, 11) is -0.258. The van der Waals surface area contributed by atoms with Crippen LogP contribution in [0.15, 0.2) is 24.3 Å². The van der Waals surface area contributed by atoms with Gasteiger partial charge in [-0.05, 0) is 64.7 Å². The summed E-state index contributed by atoms with van der Waals surface area (Å²) < 4.78 is 12.3. The van der Waals surface area contributed by atoms with E-state index in [1.165, 1.54) is 37.9 Å². The maximum absolute atomic E-state index is 6.16. The lowest BCUT2D eigenvalue weighted by Crippen LogP contribution is -2.41. The second-order valence-electron chi connectivity index (χ2n) is 7.67. The average molecular weight is 338 g/mol. The highest BCUT2D eigenvalue weighted by Crippen LogP contribution is 2.36. The molecule has 2 saturated heterocycles. The number of hydrogen-bond donors (Lipinski definition) is 0. The summed E-state index contributed by atoms with van der Waals surface area (Å²) in [6.45, 7) is 11.9. The largest absolute Gasteiger partial charge is 0.494 e. The van der Waals surface area contributed by atoms with E-state index in [0.717, 1.165) is 12.0 Å². The Morgan fingerprint density at radius 2 is 1.61 bits per heavy atom. The van der Waals surface area contributed by atoms with Gasteiger partial charge >= 0.3 is 7.12 Å². The molecule has 2 aliphatic heterocycles. The van der Waals surface area contributed by atoms with E-state index in [9.17, 15) is 0 Å². The van der Waals surface area contributed by atoms with Crippen LogP contribution in [0, 0.1) is 0 Å². The van der Waals surface area contributed by atoms with E-state index in [1.807, 2.05) is 0 Å². The van der Waals surface area contributed by atoms with Gasteiger partial charge in [0.05, 0.1) is 11.2 Å². The van der Waals surface area contributed by atoms with E-state index in [4.69, 9.17) is 9.31 Å². The second kappa shape index (κ2) is 7.14. The highest BCUT2D eigenvalue weighted by atomic mass is 35.5. The van der Waals surface area contributed by atoms with Crippen molar-refractivity contribution in [2.24, 2.45) is 0 Å². The first-order valence-electron chi connectivity index (χ1n) is 8.54. The Morgan fingerprint density at radius 3 is 2.22 bits per heavy atom. The van der Waals surface area contributed by atoms with Crippen LogP contribution in [0.1, 0.15) is 52.5 Å². The molecule has 3 nitrogen and oxygen atoms in total. The van der Waals surface area contributed by atoms with Gasteiger partial charge in [0.25, 0.3) is 0 Å². The average Bonchev–Trinajstić information content (AvgIpc) is 2.69. The van der Waals surface area contributed by atoms with Crippen LogP contribution >= 0.6 is 12.4 Å². The van der Waals surface area contributed by atoms with Crippen molar-refractivity contribution in [3.63, 3.8) is 0 Å². The highest BCUT2D eigenvalue weighted by Gasteiger charge is 2.51. The Bertz CT molecular complexity index is 514. The number of nitrogens with zero attached hydrogens (tertiary/aromatic N) is 1. The molecular weight excluding hydrogens is 308 g/mol. The molecule has 1 aromatic carbocycles. The zero-order valence-corrected chi connectivity index (χ0v) is 15.6. The molecule has 0 saturated carbocycles. The molecule has 2 fully saturated rings. The highest BCUT2D eigenvalue weighted by molar-refractivity contribution is 6.62. The van der Waals surface area contributed by atoms with Gasteiger partial charge in [0.2, 0.25) is 0 Å². The van der Waals surface area contributed by atoms with Crippen molar-refractivity contribution < 1.29 is 9.31 Å². The van der Waals surface area contributed by atoms with Gasteiger partial charge in [-0.15, -0.1) is 12.4 Å². The predicted molar refractivity (Wildman–Crippen MR) is 98.5 cm³/mol. The van der Waals surface area contributed by atoms with Crippen LogP contribution in [0.3, 0.4) is 0 Å². The van der Waals surface area contributed by atoms with Crippen LogP contribution in [0.4, 0.5) is 0 Å². The van der Waals surface area contributed by atoms with Gasteiger partial charge in [-0.3, -0.25) is 4.90 Å².